The molecule has 0 bridgehead atoms. The monoisotopic (exact) mass is 201 g/mol. The van der Waals surface area contributed by atoms with E-state index in [1.807, 2.05) is 38.5 Å². The van der Waals surface area contributed by atoms with Gasteiger partial charge in [-0.2, -0.15) is 0 Å². The minimum Gasteiger partial charge on any atom is -0.377 e. The molecule has 1 aromatic heterocycles. The summed E-state index contributed by atoms with van der Waals surface area (Å²) >= 11 is 0. The first kappa shape index (κ1) is 9.93. The van der Waals surface area contributed by atoms with Crippen LogP contribution in [0.15, 0.2) is 30.5 Å². The Morgan fingerprint density at radius 3 is 2.73 bits per heavy atom. The van der Waals surface area contributed by atoms with Gasteiger partial charge in [-0.05, 0) is 11.6 Å². The lowest BCUT2D eigenvalue weighted by atomic mass is 10.1. The normalized spacial score (nSPS) is 10.6. The number of rotatable bonds is 2. The second-order valence-corrected chi connectivity index (χ2v) is 3.74. The number of nitrogens with zero attached hydrogens (tertiary/aromatic N) is 2. The van der Waals surface area contributed by atoms with Gasteiger partial charge in [0.25, 0.3) is 0 Å². The molecule has 0 aliphatic heterocycles. The van der Waals surface area contributed by atoms with Crippen molar-refractivity contribution in [1.29, 1.82) is 0 Å². The molecule has 0 aliphatic rings. The highest BCUT2D eigenvalue weighted by atomic mass is 15.1. The Hall–Kier alpha value is -1.61. The molecular weight excluding hydrogens is 186 g/mol. The first-order valence-electron chi connectivity index (χ1n) is 4.98. The van der Waals surface area contributed by atoms with E-state index >= 15 is 0 Å². The zero-order valence-electron chi connectivity index (χ0n) is 9.07. The summed E-state index contributed by atoms with van der Waals surface area (Å²) in [6.07, 6.45) is 1.83. The van der Waals surface area contributed by atoms with Crippen molar-refractivity contribution < 1.29 is 0 Å². The summed E-state index contributed by atoms with van der Waals surface area (Å²) in [6.45, 7) is 0.529. The third kappa shape index (κ3) is 1.66. The molecule has 2 aromatic rings. The number of benzene rings is 1. The summed E-state index contributed by atoms with van der Waals surface area (Å²) in [6, 6.07) is 8.15. The van der Waals surface area contributed by atoms with Crippen LogP contribution in [0.25, 0.3) is 10.9 Å². The minimum atomic E-state index is 0.529. The largest absolute Gasteiger partial charge is 0.377 e. The van der Waals surface area contributed by atoms with Crippen molar-refractivity contribution in [3.8, 4) is 0 Å². The van der Waals surface area contributed by atoms with E-state index in [0.29, 0.717) is 6.54 Å². The van der Waals surface area contributed by atoms with Crippen LogP contribution in [0.2, 0.25) is 0 Å². The summed E-state index contributed by atoms with van der Waals surface area (Å²) in [4.78, 5) is 6.48. The third-order valence-corrected chi connectivity index (χ3v) is 2.53. The Morgan fingerprint density at radius 1 is 1.27 bits per heavy atom. The fourth-order valence-electron chi connectivity index (χ4n) is 1.78. The molecule has 0 aliphatic carbocycles. The maximum absolute atomic E-state index is 5.69. The second kappa shape index (κ2) is 3.87. The molecule has 2 N–H and O–H groups in total. The van der Waals surface area contributed by atoms with E-state index in [2.05, 4.69) is 16.0 Å². The van der Waals surface area contributed by atoms with Gasteiger partial charge in [-0.3, -0.25) is 4.98 Å². The van der Waals surface area contributed by atoms with Gasteiger partial charge < -0.3 is 10.6 Å². The highest BCUT2D eigenvalue weighted by Crippen LogP contribution is 2.25. The van der Waals surface area contributed by atoms with Gasteiger partial charge in [-0.15, -0.1) is 0 Å². The Labute approximate surface area is 89.5 Å². The van der Waals surface area contributed by atoms with Crippen LogP contribution in [0.3, 0.4) is 0 Å². The molecule has 2 rings (SSSR count). The summed E-state index contributed by atoms with van der Waals surface area (Å²) < 4.78 is 0. The van der Waals surface area contributed by atoms with E-state index in [1.54, 1.807) is 0 Å². The fraction of sp³-hybridized carbons (Fsp3) is 0.250. The Bertz CT molecular complexity index is 477. The van der Waals surface area contributed by atoms with Crippen molar-refractivity contribution >= 4 is 16.6 Å². The number of para-hydroxylation sites is 1. The molecule has 0 fully saturated rings. The van der Waals surface area contributed by atoms with Crippen molar-refractivity contribution in [3.63, 3.8) is 0 Å². The summed E-state index contributed by atoms with van der Waals surface area (Å²) in [5, 5.41) is 1.16. The van der Waals surface area contributed by atoms with E-state index in [0.717, 1.165) is 16.5 Å². The number of anilines is 1. The number of fused-ring (bicyclic) bond motifs is 1. The molecular formula is C12H15N3. The van der Waals surface area contributed by atoms with Crippen LogP contribution in [-0.2, 0) is 6.54 Å². The highest BCUT2D eigenvalue weighted by Gasteiger charge is 2.05. The van der Waals surface area contributed by atoms with Crippen LogP contribution in [0.1, 0.15) is 5.56 Å². The average molecular weight is 201 g/mol. The SMILES string of the molecule is CN(C)c1ccnc2c(CN)cccc12. The molecule has 0 saturated heterocycles. The Kier molecular flexibility index (Phi) is 2.56. The van der Waals surface area contributed by atoms with Crippen molar-refractivity contribution in [2.45, 2.75) is 6.54 Å². The molecule has 1 heterocycles. The Balaban J connectivity index is 2.76. The van der Waals surface area contributed by atoms with Crippen molar-refractivity contribution in [2.24, 2.45) is 5.73 Å². The first-order chi connectivity index (χ1) is 7.24. The predicted octanol–water partition coefficient (Wildman–Crippen LogP) is 1.76. The van der Waals surface area contributed by atoms with Crippen LogP contribution in [0.5, 0.6) is 0 Å². The number of hydrogen-bond donors (Lipinski definition) is 1. The molecule has 78 valence electrons. The maximum Gasteiger partial charge on any atom is 0.0767 e. The van der Waals surface area contributed by atoms with Gasteiger partial charge in [0, 0.05) is 37.9 Å². The number of hydrogen-bond acceptors (Lipinski definition) is 3. The van der Waals surface area contributed by atoms with Gasteiger partial charge in [0.1, 0.15) is 0 Å². The van der Waals surface area contributed by atoms with Crippen LogP contribution >= 0.6 is 0 Å². The summed E-state index contributed by atoms with van der Waals surface area (Å²) in [5.41, 5.74) is 8.96. The molecule has 3 nitrogen and oxygen atoms in total. The van der Waals surface area contributed by atoms with Gasteiger partial charge in [0.15, 0.2) is 0 Å². The number of aromatic nitrogens is 1. The fourth-order valence-corrected chi connectivity index (χ4v) is 1.78. The molecule has 3 heteroatoms. The molecule has 1 aromatic carbocycles. The second-order valence-electron chi connectivity index (χ2n) is 3.74. The molecule has 15 heavy (non-hydrogen) atoms. The summed E-state index contributed by atoms with van der Waals surface area (Å²) in [7, 11) is 4.06. The quantitative estimate of drug-likeness (QED) is 0.805. The topological polar surface area (TPSA) is 42.2 Å². The molecule has 0 amide bonds. The average Bonchev–Trinajstić information content (AvgIpc) is 2.27. The van der Waals surface area contributed by atoms with E-state index < -0.39 is 0 Å². The van der Waals surface area contributed by atoms with Gasteiger partial charge in [0.05, 0.1) is 5.52 Å². The van der Waals surface area contributed by atoms with Gasteiger partial charge in [0.2, 0.25) is 0 Å². The van der Waals surface area contributed by atoms with Gasteiger partial charge in [-0.1, -0.05) is 18.2 Å². The Morgan fingerprint density at radius 2 is 2.07 bits per heavy atom. The molecule has 0 atom stereocenters. The summed E-state index contributed by atoms with van der Waals surface area (Å²) in [5.74, 6) is 0. The standard InChI is InChI=1S/C12H15N3/c1-15(2)11-6-7-14-12-9(8-13)4-3-5-10(11)12/h3-7H,8,13H2,1-2H3. The smallest absolute Gasteiger partial charge is 0.0767 e. The lowest BCUT2D eigenvalue weighted by molar-refractivity contribution is 1.07. The van der Waals surface area contributed by atoms with E-state index in [1.165, 1.54) is 5.69 Å². The van der Waals surface area contributed by atoms with Gasteiger partial charge >= 0.3 is 0 Å². The molecule has 0 spiro atoms. The van der Waals surface area contributed by atoms with E-state index in [-0.39, 0.29) is 0 Å². The number of pyridine rings is 1. The molecule has 0 saturated carbocycles. The van der Waals surface area contributed by atoms with Crippen LogP contribution in [0.4, 0.5) is 5.69 Å². The highest BCUT2D eigenvalue weighted by molar-refractivity contribution is 5.93. The van der Waals surface area contributed by atoms with Crippen LogP contribution < -0.4 is 10.6 Å². The van der Waals surface area contributed by atoms with E-state index in [9.17, 15) is 0 Å². The zero-order valence-corrected chi connectivity index (χ0v) is 9.07. The van der Waals surface area contributed by atoms with E-state index in [4.69, 9.17) is 5.73 Å². The van der Waals surface area contributed by atoms with Crippen molar-refractivity contribution in [1.82, 2.24) is 4.98 Å². The first-order valence-corrected chi connectivity index (χ1v) is 4.98. The van der Waals surface area contributed by atoms with Crippen molar-refractivity contribution in [2.75, 3.05) is 19.0 Å². The number of nitrogens with two attached hydrogens (primary N) is 1. The lowest BCUT2D eigenvalue weighted by Gasteiger charge is -2.15. The van der Waals surface area contributed by atoms with Crippen LogP contribution in [0, 0.1) is 0 Å². The van der Waals surface area contributed by atoms with Gasteiger partial charge in [-0.25, -0.2) is 0 Å². The predicted molar refractivity (Wildman–Crippen MR) is 64.0 cm³/mol. The third-order valence-electron chi connectivity index (χ3n) is 2.53. The molecule has 0 radical (unpaired) electrons. The molecule has 0 unspecified atom stereocenters. The van der Waals surface area contributed by atoms with Crippen LogP contribution in [-0.4, -0.2) is 19.1 Å². The lowest BCUT2D eigenvalue weighted by Crippen LogP contribution is -2.09. The van der Waals surface area contributed by atoms with Crippen molar-refractivity contribution in [3.05, 3.63) is 36.0 Å². The zero-order chi connectivity index (χ0) is 10.8. The maximum atomic E-state index is 5.69. The minimum absolute atomic E-state index is 0.529.